The zero-order valence-electron chi connectivity index (χ0n) is 31.0. The van der Waals surface area contributed by atoms with Crippen LogP contribution in [-0.4, -0.2) is 49.9 Å². The molecule has 2 unspecified atom stereocenters. The van der Waals surface area contributed by atoms with E-state index in [1.54, 1.807) is 0 Å². The van der Waals surface area contributed by atoms with Gasteiger partial charge in [0.25, 0.3) is 0 Å². The number of phosphoric acid groups is 1. The van der Waals surface area contributed by atoms with Crippen LogP contribution in [0.25, 0.3) is 0 Å². The monoisotopic (exact) mass is 700 g/mol. The van der Waals surface area contributed by atoms with E-state index >= 15 is 0 Å². The van der Waals surface area contributed by atoms with Crippen molar-refractivity contribution in [2.24, 2.45) is 5.73 Å². The predicted octanol–water partition coefficient (Wildman–Crippen LogP) is 11.1. The average molecular weight is 700 g/mol. The minimum absolute atomic E-state index is 0.0975. The van der Waals surface area contributed by atoms with Crippen LogP contribution in [0, 0.1) is 0 Å². The second-order valence-corrected chi connectivity index (χ2v) is 14.2. The van der Waals surface area contributed by atoms with E-state index < -0.39 is 13.9 Å². The summed E-state index contributed by atoms with van der Waals surface area (Å²) in [6, 6.07) is 0. The number of phosphoric ester groups is 1. The van der Waals surface area contributed by atoms with E-state index in [-0.39, 0.29) is 32.3 Å². The molecular formula is C39H74NO7P. The van der Waals surface area contributed by atoms with Crippen molar-refractivity contribution < 1.29 is 32.8 Å². The van der Waals surface area contributed by atoms with Crippen molar-refractivity contribution in [2.75, 3.05) is 33.0 Å². The van der Waals surface area contributed by atoms with Crippen LogP contribution < -0.4 is 5.73 Å². The molecule has 0 aromatic carbocycles. The van der Waals surface area contributed by atoms with Crippen molar-refractivity contribution in [1.29, 1.82) is 0 Å². The molecule has 8 nitrogen and oxygen atoms in total. The van der Waals surface area contributed by atoms with Gasteiger partial charge >= 0.3 is 13.8 Å². The summed E-state index contributed by atoms with van der Waals surface area (Å²) in [7, 11) is -4.27. The highest BCUT2D eigenvalue weighted by Crippen LogP contribution is 2.43. The number of carbonyl (C=O) groups excluding carboxylic acids is 1. The first-order valence-electron chi connectivity index (χ1n) is 19.5. The molecular weight excluding hydrogens is 625 g/mol. The average Bonchev–Trinajstić information content (AvgIpc) is 3.07. The Kier molecular flexibility index (Phi) is 36.0. The molecule has 0 amide bonds. The van der Waals surface area contributed by atoms with Crippen molar-refractivity contribution in [1.82, 2.24) is 0 Å². The summed E-state index contributed by atoms with van der Waals surface area (Å²) in [6.07, 6.45) is 40.1. The van der Waals surface area contributed by atoms with Crippen LogP contribution in [0.1, 0.15) is 168 Å². The summed E-state index contributed by atoms with van der Waals surface area (Å²) in [5.74, 6) is -0.344. The van der Waals surface area contributed by atoms with Crippen molar-refractivity contribution in [3.05, 3.63) is 36.5 Å². The summed E-state index contributed by atoms with van der Waals surface area (Å²) in [4.78, 5) is 22.3. The normalized spacial score (nSPS) is 14.0. The molecule has 48 heavy (non-hydrogen) atoms. The van der Waals surface area contributed by atoms with Gasteiger partial charge in [0.05, 0.1) is 19.8 Å². The third-order valence-electron chi connectivity index (χ3n) is 8.03. The first-order valence-corrected chi connectivity index (χ1v) is 21.0. The number of allylic oxidation sites excluding steroid dienone is 6. The van der Waals surface area contributed by atoms with Gasteiger partial charge in [0, 0.05) is 19.6 Å². The lowest BCUT2D eigenvalue weighted by Gasteiger charge is -2.20. The van der Waals surface area contributed by atoms with Crippen LogP contribution in [0.5, 0.6) is 0 Å². The predicted molar refractivity (Wildman–Crippen MR) is 201 cm³/mol. The van der Waals surface area contributed by atoms with Gasteiger partial charge in [-0.3, -0.25) is 13.8 Å². The number of ether oxygens (including phenoxy) is 2. The number of rotatable bonds is 37. The van der Waals surface area contributed by atoms with Gasteiger partial charge in [0.1, 0.15) is 6.10 Å². The van der Waals surface area contributed by atoms with Gasteiger partial charge in [-0.25, -0.2) is 4.57 Å². The van der Waals surface area contributed by atoms with Crippen LogP contribution >= 0.6 is 7.82 Å². The van der Waals surface area contributed by atoms with E-state index in [0.717, 1.165) is 51.4 Å². The van der Waals surface area contributed by atoms with Crippen molar-refractivity contribution in [2.45, 2.75) is 174 Å². The van der Waals surface area contributed by atoms with E-state index in [9.17, 15) is 14.3 Å². The fraction of sp³-hybridized carbons (Fsp3) is 0.821. The smallest absolute Gasteiger partial charge is 0.457 e. The molecule has 0 aliphatic rings. The van der Waals surface area contributed by atoms with Crippen molar-refractivity contribution in [3.8, 4) is 0 Å². The molecule has 0 saturated carbocycles. The van der Waals surface area contributed by atoms with Crippen molar-refractivity contribution in [3.63, 3.8) is 0 Å². The molecule has 3 N–H and O–H groups in total. The maximum atomic E-state index is 12.5. The third-order valence-corrected chi connectivity index (χ3v) is 9.01. The molecule has 0 fully saturated rings. The molecule has 9 heteroatoms. The zero-order chi connectivity index (χ0) is 35.2. The molecule has 0 spiro atoms. The highest BCUT2D eigenvalue weighted by Gasteiger charge is 2.25. The maximum Gasteiger partial charge on any atom is 0.472 e. The fourth-order valence-electron chi connectivity index (χ4n) is 5.12. The van der Waals surface area contributed by atoms with Gasteiger partial charge in [-0.2, -0.15) is 0 Å². The summed E-state index contributed by atoms with van der Waals surface area (Å²) >= 11 is 0. The zero-order valence-corrected chi connectivity index (χ0v) is 31.9. The SMILES string of the molecule is CCCC/C=C\CCCCCCCC(=O)OC(COCCCCCCCCCC/C=C\C/C=C\CCCCC)COP(=O)(O)OCCN. The Hall–Kier alpha value is -1.28. The quantitative estimate of drug-likeness (QED) is 0.0285. The van der Waals surface area contributed by atoms with Crippen LogP contribution in [0.4, 0.5) is 0 Å². The van der Waals surface area contributed by atoms with E-state index in [1.165, 1.54) is 96.3 Å². The van der Waals surface area contributed by atoms with Crippen molar-refractivity contribution >= 4 is 13.8 Å². The number of unbranched alkanes of at least 4 members (excludes halogenated alkanes) is 18. The van der Waals surface area contributed by atoms with Gasteiger partial charge in [-0.1, -0.05) is 134 Å². The van der Waals surface area contributed by atoms with E-state index in [4.69, 9.17) is 24.3 Å². The van der Waals surface area contributed by atoms with Gasteiger partial charge in [-0.15, -0.1) is 0 Å². The largest absolute Gasteiger partial charge is 0.472 e. The second kappa shape index (κ2) is 37.0. The summed E-state index contributed by atoms with van der Waals surface area (Å²) in [6.45, 7) is 4.83. The van der Waals surface area contributed by atoms with E-state index in [0.29, 0.717) is 13.0 Å². The lowest BCUT2D eigenvalue weighted by molar-refractivity contribution is -0.154. The second-order valence-electron chi connectivity index (χ2n) is 12.8. The Bertz CT molecular complexity index is 833. The molecule has 0 saturated heterocycles. The Morgan fingerprint density at radius 2 is 1.12 bits per heavy atom. The molecule has 282 valence electrons. The third kappa shape index (κ3) is 36.0. The summed E-state index contributed by atoms with van der Waals surface area (Å²) < 4.78 is 33.3. The Labute approximate surface area is 295 Å². The number of carbonyl (C=O) groups is 1. The van der Waals surface area contributed by atoms with E-state index in [1.807, 2.05) is 0 Å². The molecule has 0 radical (unpaired) electrons. The molecule has 0 aromatic heterocycles. The van der Waals surface area contributed by atoms with Gasteiger partial charge in [0.2, 0.25) is 0 Å². The number of hydrogen-bond donors (Lipinski definition) is 2. The summed E-state index contributed by atoms with van der Waals surface area (Å²) in [5.41, 5.74) is 5.35. The molecule has 0 aliphatic heterocycles. The lowest BCUT2D eigenvalue weighted by Crippen LogP contribution is -2.28. The number of hydrogen-bond acceptors (Lipinski definition) is 7. The van der Waals surface area contributed by atoms with Crippen LogP contribution in [0.2, 0.25) is 0 Å². The first kappa shape index (κ1) is 46.7. The Morgan fingerprint density at radius 1 is 0.625 bits per heavy atom. The minimum atomic E-state index is -4.27. The minimum Gasteiger partial charge on any atom is -0.457 e. The highest BCUT2D eigenvalue weighted by molar-refractivity contribution is 7.47. The number of nitrogens with two attached hydrogens (primary N) is 1. The van der Waals surface area contributed by atoms with Crippen LogP contribution in [0.3, 0.4) is 0 Å². The molecule has 0 rings (SSSR count). The number of esters is 1. The Balaban J connectivity index is 4.06. The maximum absolute atomic E-state index is 12.5. The van der Waals surface area contributed by atoms with Gasteiger partial charge in [0.15, 0.2) is 0 Å². The standard InChI is InChI=1S/C39H74NO7P/c1-3-5-7-9-11-13-15-16-17-18-19-20-21-23-25-27-29-31-34-44-36-38(37-46-48(42,43)45-35-33-40)47-39(41)32-30-28-26-24-22-14-12-10-8-6-4-2/h10-13,16-17,38H,3-9,14-15,18-37,40H2,1-2H3,(H,42,43)/b12-10-,13-11-,17-16-. The molecule has 0 aromatic rings. The summed E-state index contributed by atoms with van der Waals surface area (Å²) in [5, 5.41) is 0. The topological polar surface area (TPSA) is 117 Å². The highest BCUT2D eigenvalue weighted by atomic mass is 31.2. The van der Waals surface area contributed by atoms with E-state index in [2.05, 4.69) is 50.3 Å². The molecule has 0 heterocycles. The fourth-order valence-corrected chi connectivity index (χ4v) is 5.89. The Morgan fingerprint density at radius 3 is 1.71 bits per heavy atom. The van der Waals surface area contributed by atoms with Gasteiger partial charge in [-0.05, 0) is 64.2 Å². The first-order chi connectivity index (χ1) is 23.4. The molecule has 2 atom stereocenters. The molecule has 0 bridgehead atoms. The molecule has 0 aliphatic carbocycles. The van der Waals surface area contributed by atoms with Crippen LogP contribution in [-0.2, 0) is 27.9 Å². The van der Waals surface area contributed by atoms with Gasteiger partial charge < -0.3 is 20.1 Å². The van der Waals surface area contributed by atoms with Crippen LogP contribution in [0.15, 0.2) is 36.5 Å². The lowest BCUT2D eigenvalue weighted by atomic mass is 10.1.